The van der Waals surface area contributed by atoms with Crippen LogP contribution in [0.5, 0.6) is 0 Å². The predicted octanol–water partition coefficient (Wildman–Crippen LogP) is 2.90. The Morgan fingerprint density at radius 3 is 2.40 bits per heavy atom. The summed E-state index contributed by atoms with van der Waals surface area (Å²) < 4.78 is 13.2. The third kappa shape index (κ3) is 5.29. The van der Waals surface area contributed by atoms with E-state index in [1.165, 1.54) is 17.7 Å². The minimum absolute atomic E-state index is 0.0769. The van der Waals surface area contributed by atoms with Crippen molar-refractivity contribution in [3.05, 3.63) is 71.5 Å². The minimum atomic E-state index is -0.279. The van der Waals surface area contributed by atoms with Gasteiger partial charge in [0, 0.05) is 39.3 Å². The van der Waals surface area contributed by atoms with Gasteiger partial charge in [-0.2, -0.15) is 0 Å². The maximum atomic E-state index is 13.2. The zero-order valence-electron chi connectivity index (χ0n) is 14.3. The molecule has 2 aromatic carbocycles. The second kappa shape index (κ2) is 8.62. The number of carbonyl (C=O) groups is 1. The molecule has 0 bridgehead atoms. The lowest BCUT2D eigenvalue weighted by Gasteiger charge is -2.34. The summed E-state index contributed by atoms with van der Waals surface area (Å²) in [6, 6.07) is 16.7. The van der Waals surface area contributed by atoms with Crippen molar-refractivity contribution in [2.24, 2.45) is 0 Å². The van der Waals surface area contributed by atoms with E-state index in [1.54, 1.807) is 6.07 Å². The smallest absolute Gasteiger partial charge is 0.317 e. The molecule has 1 aliphatic rings. The van der Waals surface area contributed by atoms with Crippen molar-refractivity contribution < 1.29 is 9.18 Å². The first-order chi connectivity index (χ1) is 12.2. The molecule has 1 aliphatic heterocycles. The Balaban J connectivity index is 1.38. The maximum Gasteiger partial charge on any atom is 0.317 e. The minimum Gasteiger partial charge on any atom is -0.334 e. The molecule has 1 N–H and O–H groups in total. The number of carbonyl (C=O) groups excluding carboxylic acids is 1. The van der Waals surface area contributed by atoms with Crippen LogP contribution in [0.3, 0.4) is 0 Å². The van der Waals surface area contributed by atoms with Crippen LogP contribution in [0.2, 0.25) is 0 Å². The third-order valence-electron chi connectivity index (χ3n) is 4.55. The van der Waals surface area contributed by atoms with Gasteiger partial charge in [0.1, 0.15) is 5.82 Å². The molecule has 3 rings (SSSR count). The summed E-state index contributed by atoms with van der Waals surface area (Å²) in [4.78, 5) is 16.5. The van der Waals surface area contributed by atoms with Gasteiger partial charge in [-0.3, -0.25) is 4.90 Å². The summed E-state index contributed by atoms with van der Waals surface area (Å²) in [5.74, 6) is -0.279. The van der Waals surface area contributed by atoms with Crippen molar-refractivity contribution in [1.82, 2.24) is 15.1 Å². The molecule has 0 atom stereocenters. The first-order valence-electron chi connectivity index (χ1n) is 8.74. The number of amides is 2. The number of hydrogen-bond acceptors (Lipinski definition) is 2. The highest BCUT2D eigenvalue weighted by atomic mass is 19.1. The average molecular weight is 341 g/mol. The standard InChI is InChI=1S/C20H24FN3O/c21-19-8-4-7-18(15-19)16-22-20(25)24-13-11-23(12-14-24)10-9-17-5-2-1-3-6-17/h1-8,15H,9-14,16H2,(H,22,25). The van der Waals surface area contributed by atoms with E-state index in [4.69, 9.17) is 0 Å². The van der Waals surface area contributed by atoms with E-state index in [0.717, 1.165) is 44.7 Å². The van der Waals surface area contributed by atoms with E-state index in [2.05, 4.69) is 34.5 Å². The molecule has 0 aromatic heterocycles. The van der Waals surface area contributed by atoms with E-state index in [0.29, 0.717) is 6.54 Å². The van der Waals surface area contributed by atoms with Crippen LogP contribution < -0.4 is 5.32 Å². The highest BCUT2D eigenvalue weighted by molar-refractivity contribution is 5.74. The molecule has 132 valence electrons. The first kappa shape index (κ1) is 17.4. The molecule has 0 radical (unpaired) electrons. The number of hydrogen-bond donors (Lipinski definition) is 1. The zero-order valence-corrected chi connectivity index (χ0v) is 14.3. The van der Waals surface area contributed by atoms with E-state index in [-0.39, 0.29) is 11.8 Å². The SMILES string of the molecule is O=C(NCc1cccc(F)c1)N1CCN(CCc2ccccc2)CC1. The largest absolute Gasteiger partial charge is 0.334 e. The molecule has 1 fully saturated rings. The van der Waals surface area contributed by atoms with Crippen LogP contribution in [0.4, 0.5) is 9.18 Å². The van der Waals surface area contributed by atoms with Gasteiger partial charge in [-0.1, -0.05) is 42.5 Å². The van der Waals surface area contributed by atoms with Crippen molar-refractivity contribution >= 4 is 6.03 Å². The van der Waals surface area contributed by atoms with E-state index < -0.39 is 0 Å². The van der Waals surface area contributed by atoms with Crippen molar-refractivity contribution in [2.45, 2.75) is 13.0 Å². The number of nitrogens with one attached hydrogen (secondary N) is 1. The van der Waals surface area contributed by atoms with E-state index >= 15 is 0 Å². The second-order valence-electron chi connectivity index (χ2n) is 6.35. The van der Waals surface area contributed by atoms with Crippen LogP contribution in [-0.2, 0) is 13.0 Å². The number of piperazine rings is 1. The first-order valence-corrected chi connectivity index (χ1v) is 8.74. The Kier molecular flexibility index (Phi) is 6.01. The van der Waals surface area contributed by atoms with Crippen LogP contribution in [0.15, 0.2) is 54.6 Å². The monoisotopic (exact) mass is 341 g/mol. The zero-order chi connectivity index (χ0) is 17.5. The van der Waals surface area contributed by atoms with Crippen molar-refractivity contribution in [3.8, 4) is 0 Å². The summed E-state index contributed by atoms with van der Waals surface area (Å²) in [6.45, 7) is 4.60. The number of halogens is 1. The average Bonchev–Trinajstić information content (AvgIpc) is 2.66. The van der Waals surface area contributed by atoms with Crippen LogP contribution in [-0.4, -0.2) is 48.6 Å². The van der Waals surface area contributed by atoms with Gasteiger partial charge in [0.15, 0.2) is 0 Å². The van der Waals surface area contributed by atoms with E-state index in [1.807, 2.05) is 17.0 Å². The van der Waals surface area contributed by atoms with Crippen LogP contribution in [0.1, 0.15) is 11.1 Å². The summed E-state index contributed by atoms with van der Waals surface area (Å²) in [5.41, 5.74) is 2.12. The molecule has 2 amide bonds. The molecule has 0 unspecified atom stereocenters. The molecule has 1 saturated heterocycles. The topological polar surface area (TPSA) is 35.6 Å². The molecule has 1 heterocycles. The Labute approximate surface area is 148 Å². The van der Waals surface area contributed by atoms with Gasteiger partial charge in [-0.05, 0) is 29.7 Å². The molecule has 0 saturated carbocycles. The fourth-order valence-electron chi connectivity index (χ4n) is 3.04. The Morgan fingerprint density at radius 1 is 0.960 bits per heavy atom. The number of urea groups is 1. The number of benzene rings is 2. The normalized spacial score (nSPS) is 15.2. The fourth-order valence-corrected chi connectivity index (χ4v) is 3.04. The molecule has 0 spiro atoms. The summed E-state index contributed by atoms with van der Waals surface area (Å²) in [7, 11) is 0. The Bertz CT molecular complexity index is 684. The fraction of sp³-hybridized carbons (Fsp3) is 0.350. The van der Waals surface area contributed by atoms with Crippen molar-refractivity contribution in [2.75, 3.05) is 32.7 Å². The van der Waals surface area contributed by atoms with Crippen LogP contribution in [0.25, 0.3) is 0 Å². The summed E-state index contributed by atoms with van der Waals surface area (Å²) >= 11 is 0. The van der Waals surface area contributed by atoms with Crippen molar-refractivity contribution in [1.29, 1.82) is 0 Å². The maximum absolute atomic E-state index is 13.2. The van der Waals surface area contributed by atoms with Gasteiger partial charge < -0.3 is 10.2 Å². The molecule has 4 nitrogen and oxygen atoms in total. The highest BCUT2D eigenvalue weighted by Gasteiger charge is 2.20. The third-order valence-corrected chi connectivity index (χ3v) is 4.55. The van der Waals surface area contributed by atoms with Gasteiger partial charge >= 0.3 is 6.03 Å². The van der Waals surface area contributed by atoms with Crippen LogP contribution in [0, 0.1) is 5.82 Å². The molecular weight excluding hydrogens is 317 g/mol. The quantitative estimate of drug-likeness (QED) is 0.908. The molecule has 0 aliphatic carbocycles. The highest BCUT2D eigenvalue weighted by Crippen LogP contribution is 2.07. The lowest BCUT2D eigenvalue weighted by molar-refractivity contribution is 0.140. The molecule has 25 heavy (non-hydrogen) atoms. The predicted molar refractivity (Wildman–Crippen MR) is 96.8 cm³/mol. The molecular formula is C20H24FN3O. The van der Waals surface area contributed by atoms with Crippen LogP contribution >= 0.6 is 0 Å². The van der Waals surface area contributed by atoms with Gasteiger partial charge in [-0.25, -0.2) is 9.18 Å². The second-order valence-corrected chi connectivity index (χ2v) is 6.35. The Hall–Kier alpha value is -2.40. The Morgan fingerprint density at radius 2 is 1.68 bits per heavy atom. The number of nitrogens with zero attached hydrogens (tertiary/aromatic N) is 2. The lowest BCUT2D eigenvalue weighted by atomic mass is 10.1. The van der Waals surface area contributed by atoms with Gasteiger partial charge in [0.25, 0.3) is 0 Å². The van der Waals surface area contributed by atoms with E-state index in [9.17, 15) is 9.18 Å². The van der Waals surface area contributed by atoms with Gasteiger partial charge in [0.2, 0.25) is 0 Å². The number of rotatable bonds is 5. The lowest BCUT2D eigenvalue weighted by Crippen LogP contribution is -2.51. The summed E-state index contributed by atoms with van der Waals surface area (Å²) in [5, 5.41) is 2.87. The van der Waals surface area contributed by atoms with Crippen molar-refractivity contribution in [3.63, 3.8) is 0 Å². The van der Waals surface area contributed by atoms with Gasteiger partial charge in [-0.15, -0.1) is 0 Å². The molecule has 2 aromatic rings. The summed E-state index contributed by atoms with van der Waals surface area (Å²) in [6.07, 6.45) is 1.03. The van der Waals surface area contributed by atoms with Gasteiger partial charge in [0.05, 0.1) is 0 Å². The molecule has 5 heteroatoms.